The van der Waals surface area contributed by atoms with E-state index in [1.165, 1.54) is 6.07 Å². The normalized spacial score (nSPS) is 11.5. The van der Waals surface area contributed by atoms with Crippen LogP contribution in [0, 0.1) is 0 Å². The molecule has 0 saturated heterocycles. The van der Waals surface area contributed by atoms with Gasteiger partial charge in [-0.05, 0) is 18.2 Å². The van der Waals surface area contributed by atoms with E-state index in [1.807, 2.05) is 4.57 Å². The van der Waals surface area contributed by atoms with Crippen LogP contribution in [0.2, 0.25) is 0 Å². The zero-order chi connectivity index (χ0) is 13.9. The summed E-state index contributed by atoms with van der Waals surface area (Å²) in [5, 5.41) is 2.99. The van der Waals surface area contributed by atoms with Crippen molar-refractivity contribution >= 4 is 11.4 Å². The Kier molecular flexibility index (Phi) is 3.64. The number of imidazole rings is 1. The number of nitrogen functional groups attached to an aromatic ring is 1. The van der Waals surface area contributed by atoms with Crippen molar-refractivity contribution in [3.63, 3.8) is 0 Å². The summed E-state index contributed by atoms with van der Waals surface area (Å²) in [4.78, 5) is 3.89. The molecule has 0 saturated carbocycles. The number of rotatable bonds is 4. The van der Waals surface area contributed by atoms with E-state index in [-0.39, 0.29) is 5.69 Å². The van der Waals surface area contributed by atoms with E-state index in [1.54, 1.807) is 18.7 Å². The molecule has 1 heterocycles. The van der Waals surface area contributed by atoms with E-state index in [0.29, 0.717) is 18.8 Å². The van der Waals surface area contributed by atoms with Crippen molar-refractivity contribution in [2.45, 2.75) is 12.7 Å². The van der Waals surface area contributed by atoms with E-state index in [9.17, 15) is 13.2 Å². The highest BCUT2D eigenvalue weighted by Crippen LogP contribution is 2.32. The number of nitrogens with one attached hydrogen (secondary N) is 1. The van der Waals surface area contributed by atoms with Gasteiger partial charge in [0, 0.05) is 25.5 Å². The second-order valence-electron chi connectivity index (χ2n) is 4.03. The number of nitrogens with two attached hydrogens (primary N) is 1. The van der Waals surface area contributed by atoms with Crippen molar-refractivity contribution in [3.8, 4) is 0 Å². The lowest BCUT2D eigenvalue weighted by Gasteiger charge is -2.12. The maximum Gasteiger partial charge on any atom is 0.416 e. The lowest BCUT2D eigenvalue weighted by atomic mass is 10.1. The minimum absolute atomic E-state index is 0.0838. The summed E-state index contributed by atoms with van der Waals surface area (Å²) >= 11 is 0. The number of anilines is 2. The first kappa shape index (κ1) is 13.3. The molecule has 0 aliphatic carbocycles. The first-order valence-corrected chi connectivity index (χ1v) is 5.63. The summed E-state index contributed by atoms with van der Waals surface area (Å²) in [5.41, 5.74) is 5.43. The summed E-state index contributed by atoms with van der Waals surface area (Å²) in [6.45, 7) is 1.20. The zero-order valence-corrected chi connectivity index (χ0v) is 9.98. The summed E-state index contributed by atoms with van der Waals surface area (Å²) in [7, 11) is 0. The number of alkyl halides is 3. The van der Waals surface area contributed by atoms with Gasteiger partial charge >= 0.3 is 6.18 Å². The molecule has 4 nitrogen and oxygen atoms in total. The molecule has 0 fully saturated rings. The van der Waals surface area contributed by atoms with Crippen LogP contribution in [-0.2, 0) is 12.7 Å². The first-order chi connectivity index (χ1) is 8.97. The van der Waals surface area contributed by atoms with Crippen LogP contribution in [0.1, 0.15) is 5.56 Å². The molecule has 0 atom stereocenters. The van der Waals surface area contributed by atoms with Gasteiger partial charge in [0.05, 0.1) is 23.3 Å². The molecule has 1 aromatic carbocycles. The quantitative estimate of drug-likeness (QED) is 0.840. The van der Waals surface area contributed by atoms with Crippen LogP contribution in [0.25, 0.3) is 0 Å². The van der Waals surface area contributed by atoms with Crippen molar-refractivity contribution in [3.05, 3.63) is 42.5 Å². The third-order valence-corrected chi connectivity index (χ3v) is 2.62. The summed E-state index contributed by atoms with van der Waals surface area (Å²) in [6, 6.07) is 3.28. The van der Waals surface area contributed by atoms with Gasteiger partial charge in [-0.25, -0.2) is 4.98 Å². The SMILES string of the molecule is Nc1cc(C(F)(F)F)ccc1NCCn1ccnc1. The molecule has 0 bridgehead atoms. The second kappa shape index (κ2) is 5.21. The van der Waals surface area contributed by atoms with Crippen LogP contribution >= 0.6 is 0 Å². The number of benzene rings is 1. The minimum Gasteiger partial charge on any atom is -0.397 e. The molecule has 3 N–H and O–H groups in total. The van der Waals surface area contributed by atoms with Gasteiger partial charge in [-0.2, -0.15) is 13.2 Å². The molecular weight excluding hydrogens is 257 g/mol. The fraction of sp³-hybridized carbons (Fsp3) is 0.250. The predicted molar refractivity (Wildman–Crippen MR) is 66.6 cm³/mol. The van der Waals surface area contributed by atoms with E-state index in [0.717, 1.165) is 12.1 Å². The molecule has 1 aromatic heterocycles. The minimum atomic E-state index is -4.37. The molecule has 7 heteroatoms. The van der Waals surface area contributed by atoms with Crippen LogP contribution in [0.15, 0.2) is 36.9 Å². The van der Waals surface area contributed by atoms with Gasteiger partial charge in [-0.3, -0.25) is 0 Å². The lowest BCUT2D eigenvalue weighted by molar-refractivity contribution is -0.137. The van der Waals surface area contributed by atoms with E-state index < -0.39 is 11.7 Å². The Morgan fingerprint density at radius 1 is 1.32 bits per heavy atom. The topological polar surface area (TPSA) is 55.9 Å². The summed E-state index contributed by atoms with van der Waals surface area (Å²) < 4.78 is 39.2. The summed E-state index contributed by atoms with van der Waals surface area (Å²) in [5.74, 6) is 0. The third kappa shape index (κ3) is 3.40. The number of hydrogen-bond donors (Lipinski definition) is 2. The highest BCUT2D eigenvalue weighted by molar-refractivity contribution is 5.67. The monoisotopic (exact) mass is 270 g/mol. The fourth-order valence-electron chi connectivity index (χ4n) is 1.64. The molecule has 0 unspecified atom stereocenters. The highest BCUT2D eigenvalue weighted by atomic mass is 19.4. The van der Waals surface area contributed by atoms with Crippen LogP contribution < -0.4 is 11.1 Å². The van der Waals surface area contributed by atoms with Gasteiger partial charge in [0.25, 0.3) is 0 Å². The van der Waals surface area contributed by atoms with E-state index >= 15 is 0 Å². The number of hydrogen-bond acceptors (Lipinski definition) is 3. The van der Waals surface area contributed by atoms with Crippen molar-refractivity contribution in [2.75, 3.05) is 17.6 Å². The molecular formula is C12H13F3N4. The molecule has 102 valence electrons. The maximum atomic E-state index is 12.5. The Morgan fingerprint density at radius 3 is 2.68 bits per heavy atom. The van der Waals surface area contributed by atoms with Crippen LogP contribution in [0.5, 0.6) is 0 Å². The van der Waals surface area contributed by atoms with Gasteiger partial charge in [-0.15, -0.1) is 0 Å². The molecule has 19 heavy (non-hydrogen) atoms. The smallest absolute Gasteiger partial charge is 0.397 e. The molecule has 0 aliphatic rings. The average Bonchev–Trinajstić information content (AvgIpc) is 2.83. The number of nitrogens with zero attached hydrogens (tertiary/aromatic N) is 2. The van der Waals surface area contributed by atoms with Gasteiger partial charge in [0.15, 0.2) is 0 Å². The molecule has 0 radical (unpaired) electrons. The lowest BCUT2D eigenvalue weighted by Crippen LogP contribution is -2.11. The Hall–Kier alpha value is -2.18. The zero-order valence-electron chi connectivity index (χ0n) is 9.98. The largest absolute Gasteiger partial charge is 0.416 e. The average molecular weight is 270 g/mol. The fourth-order valence-corrected chi connectivity index (χ4v) is 1.64. The highest BCUT2D eigenvalue weighted by Gasteiger charge is 2.30. The maximum absolute atomic E-state index is 12.5. The van der Waals surface area contributed by atoms with Gasteiger partial charge in [0.1, 0.15) is 0 Å². The van der Waals surface area contributed by atoms with Crippen molar-refractivity contribution < 1.29 is 13.2 Å². The van der Waals surface area contributed by atoms with Crippen LogP contribution in [-0.4, -0.2) is 16.1 Å². The molecule has 2 aromatic rings. The van der Waals surface area contributed by atoms with Gasteiger partial charge < -0.3 is 15.6 Å². The van der Waals surface area contributed by atoms with Crippen LogP contribution in [0.4, 0.5) is 24.5 Å². The summed E-state index contributed by atoms with van der Waals surface area (Å²) in [6.07, 6.45) is 0.755. The molecule has 0 aliphatic heterocycles. The second-order valence-corrected chi connectivity index (χ2v) is 4.03. The van der Waals surface area contributed by atoms with Crippen molar-refractivity contribution in [2.24, 2.45) is 0 Å². The predicted octanol–water partition coefficient (Wildman–Crippen LogP) is 2.60. The molecule has 0 amide bonds. The third-order valence-electron chi connectivity index (χ3n) is 2.62. The van der Waals surface area contributed by atoms with E-state index in [2.05, 4.69) is 10.3 Å². The molecule has 2 rings (SSSR count). The standard InChI is InChI=1S/C12H13F3N4/c13-12(14,15)9-1-2-11(10(16)7-9)18-4-6-19-5-3-17-8-19/h1-3,5,7-8,18H,4,6,16H2. The van der Waals surface area contributed by atoms with Gasteiger partial charge in [0.2, 0.25) is 0 Å². The Morgan fingerprint density at radius 2 is 2.11 bits per heavy atom. The van der Waals surface area contributed by atoms with Crippen molar-refractivity contribution in [1.29, 1.82) is 0 Å². The first-order valence-electron chi connectivity index (χ1n) is 5.63. The Balaban J connectivity index is 1.97. The van der Waals surface area contributed by atoms with Gasteiger partial charge in [-0.1, -0.05) is 0 Å². The number of halogens is 3. The number of aromatic nitrogens is 2. The van der Waals surface area contributed by atoms with E-state index in [4.69, 9.17) is 5.73 Å². The molecule has 0 spiro atoms. The van der Waals surface area contributed by atoms with Crippen molar-refractivity contribution in [1.82, 2.24) is 9.55 Å². The van der Waals surface area contributed by atoms with Crippen LogP contribution in [0.3, 0.4) is 0 Å². The Bertz CT molecular complexity index is 534. The Labute approximate surface area is 108 Å².